The van der Waals surface area contributed by atoms with Gasteiger partial charge in [0.1, 0.15) is 0 Å². The number of hydrogen-bond donors (Lipinski definition) is 1. The molecule has 0 bridgehead atoms. The molecule has 0 spiro atoms. The standard InChI is InChI=1S/C17H19N3OS/c1-13-2-4-14(5-3-13)6-7-17(21)20(15-9-11-22-12-15)16-8-10-18-19-16/h2-8,10,15H,9,11-12H2,1H3,(H,18,19)/b7-6+. The van der Waals surface area contributed by atoms with Crippen LogP contribution in [0, 0.1) is 6.92 Å². The Morgan fingerprint density at radius 2 is 2.18 bits per heavy atom. The molecule has 2 aromatic rings. The summed E-state index contributed by atoms with van der Waals surface area (Å²) in [5.74, 6) is 2.75. The van der Waals surface area contributed by atoms with Crippen molar-refractivity contribution in [1.82, 2.24) is 10.2 Å². The fraction of sp³-hybridized carbons (Fsp3) is 0.294. The number of amides is 1. The van der Waals surface area contributed by atoms with Crippen molar-refractivity contribution in [3.63, 3.8) is 0 Å². The van der Waals surface area contributed by atoms with Gasteiger partial charge in [0.15, 0.2) is 5.82 Å². The van der Waals surface area contributed by atoms with Crippen LogP contribution in [0.2, 0.25) is 0 Å². The van der Waals surface area contributed by atoms with Gasteiger partial charge in [-0.15, -0.1) is 0 Å². The number of aromatic amines is 1. The van der Waals surface area contributed by atoms with Crippen molar-refractivity contribution < 1.29 is 4.79 Å². The quantitative estimate of drug-likeness (QED) is 0.881. The molecule has 1 aromatic carbocycles. The smallest absolute Gasteiger partial charge is 0.252 e. The maximum atomic E-state index is 12.6. The summed E-state index contributed by atoms with van der Waals surface area (Å²) in [7, 11) is 0. The average Bonchev–Trinajstić information content (AvgIpc) is 3.21. The lowest BCUT2D eigenvalue weighted by Gasteiger charge is -2.25. The Hall–Kier alpha value is -2.01. The Morgan fingerprint density at radius 1 is 1.36 bits per heavy atom. The minimum Gasteiger partial charge on any atom is -0.288 e. The summed E-state index contributed by atoms with van der Waals surface area (Å²) in [5, 5.41) is 6.98. The van der Waals surface area contributed by atoms with E-state index in [1.165, 1.54) is 5.56 Å². The maximum absolute atomic E-state index is 12.6. The molecule has 2 heterocycles. The van der Waals surface area contributed by atoms with Crippen molar-refractivity contribution in [2.24, 2.45) is 0 Å². The molecule has 0 saturated carbocycles. The van der Waals surface area contributed by atoms with Gasteiger partial charge in [-0.2, -0.15) is 16.9 Å². The number of thioether (sulfide) groups is 1. The minimum atomic E-state index is -0.0137. The van der Waals surface area contributed by atoms with Crippen LogP contribution in [-0.2, 0) is 4.79 Å². The molecule has 1 amide bonds. The van der Waals surface area contributed by atoms with Gasteiger partial charge >= 0.3 is 0 Å². The monoisotopic (exact) mass is 313 g/mol. The predicted octanol–water partition coefficient (Wildman–Crippen LogP) is 3.27. The molecule has 1 aliphatic heterocycles. The average molecular weight is 313 g/mol. The highest BCUT2D eigenvalue weighted by molar-refractivity contribution is 7.99. The van der Waals surface area contributed by atoms with Crippen molar-refractivity contribution in [2.45, 2.75) is 19.4 Å². The molecule has 1 N–H and O–H groups in total. The van der Waals surface area contributed by atoms with E-state index in [1.807, 2.05) is 48.2 Å². The van der Waals surface area contributed by atoms with E-state index in [1.54, 1.807) is 17.2 Å². The number of rotatable bonds is 4. The molecule has 3 rings (SSSR count). The van der Waals surface area contributed by atoms with Crippen LogP contribution in [0.1, 0.15) is 17.5 Å². The molecule has 114 valence electrons. The van der Waals surface area contributed by atoms with Gasteiger partial charge in [-0.25, -0.2) is 0 Å². The second-order valence-corrected chi connectivity index (χ2v) is 6.55. The van der Waals surface area contributed by atoms with Crippen LogP contribution in [0.25, 0.3) is 6.08 Å². The molecule has 4 nitrogen and oxygen atoms in total. The Bertz CT molecular complexity index is 643. The number of anilines is 1. The Morgan fingerprint density at radius 3 is 2.82 bits per heavy atom. The van der Waals surface area contributed by atoms with Crippen molar-refractivity contribution in [1.29, 1.82) is 0 Å². The highest BCUT2D eigenvalue weighted by Crippen LogP contribution is 2.26. The summed E-state index contributed by atoms with van der Waals surface area (Å²) in [6.45, 7) is 2.05. The van der Waals surface area contributed by atoms with E-state index in [9.17, 15) is 4.79 Å². The predicted molar refractivity (Wildman–Crippen MR) is 92.0 cm³/mol. The third-order valence-electron chi connectivity index (χ3n) is 3.74. The second-order valence-electron chi connectivity index (χ2n) is 5.40. The molecule has 1 fully saturated rings. The van der Waals surface area contributed by atoms with E-state index in [2.05, 4.69) is 17.1 Å². The van der Waals surface area contributed by atoms with E-state index < -0.39 is 0 Å². The molecule has 1 aromatic heterocycles. The van der Waals surface area contributed by atoms with Crippen LogP contribution in [0.4, 0.5) is 5.82 Å². The zero-order valence-corrected chi connectivity index (χ0v) is 13.3. The fourth-order valence-electron chi connectivity index (χ4n) is 2.52. The summed E-state index contributed by atoms with van der Waals surface area (Å²) in [4.78, 5) is 14.5. The molecular weight excluding hydrogens is 294 g/mol. The van der Waals surface area contributed by atoms with Crippen LogP contribution in [0.5, 0.6) is 0 Å². The maximum Gasteiger partial charge on any atom is 0.252 e. The van der Waals surface area contributed by atoms with E-state index in [0.29, 0.717) is 5.82 Å². The van der Waals surface area contributed by atoms with Gasteiger partial charge in [-0.1, -0.05) is 29.8 Å². The number of nitrogens with one attached hydrogen (secondary N) is 1. The molecule has 1 saturated heterocycles. The third-order valence-corrected chi connectivity index (χ3v) is 4.88. The van der Waals surface area contributed by atoms with Crippen LogP contribution in [0.3, 0.4) is 0 Å². The van der Waals surface area contributed by atoms with Crippen LogP contribution in [0.15, 0.2) is 42.6 Å². The molecule has 0 radical (unpaired) electrons. The summed E-state index contributed by atoms with van der Waals surface area (Å²) < 4.78 is 0. The zero-order chi connectivity index (χ0) is 15.4. The van der Waals surface area contributed by atoms with Crippen molar-refractivity contribution >= 4 is 29.6 Å². The Kier molecular flexibility index (Phi) is 4.63. The highest BCUT2D eigenvalue weighted by atomic mass is 32.2. The summed E-state index contributed by atoms with van der Waals surface area (Å²) in [5.41, 5.74) is 2.24. The molecule has 5 heteroatoms. The van der Waals surface area contributed by atoms with Crippen LogP contribution >= 0.6 is 11.8 Å². The lowest BCUT2D eigenvalue weighted by Crippen LogP contribution is -2.39. The molecule has 0 aliphatic carbocycles. The number of aryl methyl sites for hydroxylation is 1. The number of carbonyl (C=O) groups excluding carboxylic acids is 1. The van der Waals surface area contributed by atoms with Crippen LogP contribution < -0.4 is 4.90 Å². The minimum absolute atomic E-state index is 0.0137. The lowest BCUT2D eigenvalue weighted by molar-refractivity contribution is -0.114. The van der Waals surface area contributed by atoms with Gasteiger partial charge < -0.3 is 0 Å². The first-order chi connectivity index (χ1) is 10.7. The zero-order valence-electron chi connectivity index (χ0n) is 12.5. The van der Waals surface area contributed by atoms with Gasteiger partial charge in [-0.3, -0.25) is 14.8 Å². The van der Waals surface area contributed by atoms with Crippen molar-refractivity contribution in [2.75, 3.05) is 16.4 Å². The van der Waals surface area contributed by atoms with Gasteiger partial charge in [-0.05, 0) is 30.7 Å². The number of carbonyl (C=O) groups is 1. The first-order valence-electron chi connectivity index (χ1n) is 7.39. The Balaban J connectivity index is 1.78. The number of nitrogens with zero attached hydrogens (tertiary/aromatic N) is 2. The number of H-pyrrole nitrogens is 1. The fourth-order valence-corrected chi connectivity index (χ4v) is 3.71. The molecular formula is C17H19N3OS. The van der Waals surface area contributed by atoms with E-state index in [4.69, 9.17) is 0 Å². The van der Waals surface area contributed by atoms with E-state index >= 15 is 0 Å². The van der Waals surface area contributed by atoms with Crippen LogP contribution in [-0.4, -0.2) is 33.7 Å². The summed E-state index contributed by atoms with van der Waals surface area (Å²) >= 11 is 1.89. The van der Waals surface area contributed by atoms with Gasteiger partial charge in [0.25, 0.3) is 5.91 Å². The second kappa shape index (κ2) is 6.83. The van der Waals surface area contributed by atoms with E-state index in [0.717, 1.165) is 23.5 Å². The third kappa shape index (κ3) is 3.42. The number of hydrogen-bond acceptors (Lipinski definition) is 3. The van der Waals surface area contributed by atoms with Gasteiger partial charge in [0.2, 0.25) is 0 Å². The first-order valence-corrected chi connectivity index (χ1v) is 8.55. The van der Waals surface area contributed by atoms with Gasteiger partial charge in [0, 0.05) is 30.1 Å². The SMILES string of the molecule is Cc1ccc(/C=C/C(=O)N(c2cc[nH]n2)C2CCSC2)cc1. The number of benzene rings is 1. The molecule has 1 unspecified atom stereocenters. The van der Waals surface area contributed by atoms with Crippen molar-refractivity contribution in [3.8, 4) is 0 Å². The summed E-state index contributed by atoms with van der Waals surface area (Å²) in [6.07, 6.45) is 6.27. The molecule has 1 atom stereocenters. The first kappa shape index (κ1) is 14.9. The topological polar surface area (TPSA) is 49.0 Å². The highest BCUT2D eigenvalue weighted by Gasteiger charge is 2.28. The summed E-state index contributed by atoms with van der Waals surface area (Å²) in [6, 6.07) is 10.2. The van der Waals surface area contributed by atoms with E-state index in [-0.39, 0.29) is 11.9 Å². The Labute approximate surface area is 134 Å². The molecule has 22 heavy (non-hydrogen) atoms. The van der Waals surface area contributed by atoms with Crippen molar-refractivity contribution in [3.05, 3.63) is 53.7 Å². The normalized spacial score (nSPS) is 18.0. The van der Waals surface area contributed by atoms with Gasteiger partial charge in [0.05, 0.1) is 0 Å². The molecule has 1 aliphatic rings. The lowest BCUT2D eigenvalue weighted by atomic mass is 10.1. The largest absolute Gasteiger partial charge is 0.288 e. The number of aromatic nitrogens is 2.